The average molecular weight is 335 g/mol. The predicted octanol–water partition coefficient (Wildman–Crippen LogP) is 2.61. The molecule has 7 nitrogen and oxygen atoms in total. The van der Waals surface area contributed by atoms with Crippen LogP contribution in [0.1, 0.15) is 30.7 Å². The fraction of sp³-hybridized carbons (Fsp3) is 0.278. The van der Waals surface area contributed by atoms with Crippen LogP contribution in [0.25, 0.3) is 11.6 Å². The number of hydrogen-bond acceptors (Lipinski definition) is 6. The molecule has 0 radical (unpaired) electrons. The van der Waals surface area contributed by atoms with Crippen molar-refractivity contribution >= 4 is 11.6 Å². The third kappa shape index (κ3) is 3.00. The van der Waals surface area contributed by atoms with Crippen LogP contribution in [0.5, 0.6) is 0 Å². The second-order valence-electron chi connectivity index (χ2n) is 5.97. The van der Waals surface area contributed by atoms with Crippen molar-refractivity contribution in [3.8, 4) is 11.6 Å². The van der Waals surface area contributed by atoms with E-state index in [4.69, 9.17) is 4.52 Å². The van der Waals surface area contributed by atoms with Gasteiger partial charge in [0, 0.05) is 37.0 Å². The summed E-state index contributed by atoms with van der Waals surface area (Å²) in [6, 6.07) is 8.08. The summed E-state index contributed by atoms with van der Waals surface area (Å²) in [6.07, 6.45) is 6.07. The SMILES string of the molecule is CCc1ccc(N2C[C@@H](c3noc(-c4cnccn4)n3)CC2=O)cc1. The summed E-state index contributed by atoms with van der Waals surface area (Å²) in [5, 5.41) is 4.03. The Balaban J connectivity index is 1.53. The average Bonchev–Trinajstić information content (AvgIpc) is 3.29. The van der Waals surface area contributed by atoms with Crippen molar-refractivity contribution in [2.24, 2.45) is 0 Å². The minimum Gasteiger partial charge on any atom is -0.332 e. The zero-order valence-corrected chi connectivity index (χ0v) is 13.8. The molecule has 25 heavy (non-hydrogen) atoms. The summed E-state index contributed by atoms with van der Waals surface area (Å²) in [6.45, 7) is 2.65. The summed E-state index contributed by atoms with van der Waals surface area (Å²) >= 11 is 0. The lowest BCUT2D eigenvalue weighted by molar-refractivity contribution is -0.117. The molecule has 2 aromatic heterocycles. The van der Waals surface area contributed by atoms with Crippen LogP contribution in [-0.2, 0) is 11.2 Å². The van der Waals surface area contributed by atoms with Gasteiger partial charge in [0.15, 0.2) is 5.82 Å². The highest BCUT2D eigenvalue weighted by Gasteiger charge is 2.34. The second-order valence-corrected chi connectivity index (χ2v) is 5.97. The van der Waals surface area contributed by atoms with Crippen molar-refractivity contribution in [1.29, 1.82) is 0 Å². The molecule has 1 aliphatic heterocycles. The molecule has 0 unspecified atom stereocenters. The van der Waals surface area contributed by atoms with Crippen molar-refractivity contribution in [3.63, 3.8) is 0 Å². The Morgan fingerprint density at radius 3 is 2.80 bits per heavy atom. The molecule has 1 atom stereocenters. The highest BCUT2D eigenvalue weighted by Crippen LogP contribution is 2.31. The highest BCUT2D eigenvalue weighted by molar-refractivity contribution is 5.96. The zero-order valence-electron chi connectivity index (χ0n) is 13.8. The van der Waals surface area contributed by atoms with Crippen LogP contribution < -0.4 is 4.90 Å². The van der Waals surface area contributed by atoms with E-state index >= 15 is 0 Å². The number of carbonyl (C=O) groups excluding carboxylic acids is 1. The molecule has 1 amide bonds. The normalized spacial score (nSPS) is 17.2. The van der Waals surface area contributed by atoms with Gasteiger partial charge in [-0.25, -0.2) is 4.98 Å². The molecule has 1 aliphatic rings. The molecule has 3 heterocycles. The molecule has 3 aromatic rings. The largest absolute Gasteiger partial charge is 0.332 e. The molecular formula is C18H17N5O2. The van der Waals surface area contributed by atoms with E-state index in [2.05, 4.69) is 39.2 Å². The van der Waals surface area contributed by atoms with E-state index in [1.807, 2.05) is 12.1 Å². The predicted molar refractivity (Wildman–Crippen MR) is 90.9 cm³/mol. The molecule has 1 saturated heterocycles. The highest BCUT2D eigenvalue weighted by atomic mass is 16.5. The molecule has 0 bridgehead atoms. The monoisotopic (exact) mass is 335 g/mol. The number of anilines is 1. The van der Waals surface area contributed by atoms with Crippen molar-refractivity contribution in [1.82, 2.24) is 20.1 Å². The number of carbonyl (C=O) groups is 1. The lowest BCUT2D eigenvalue weighted by atomic mass is 10.1. The quantitative estimate of drug-likeness (QED) is 0.728. The first kappa shape index (κ1) is 15.4. The topological polar surface area (TPSA) is 85.0 Å². The Morgan fingerprint density at radius 1 is 1.24 bits per heavy atom. The van der Waals surface area contributed by atoms with Gasteiger partial charge in [0.1, 0.15) is 5.69 Å². The van der Waals surface area contributed by atoms with Gasteiger partial charge in [0.2, 0.25) is 5.91 Å². The smallest absolute Gasteiger partial charge is 0.278 e. The molecule has 4 rings (SSSR count). The number of aryl methyl sites for hydroxylation is 1. The minimum absolute atomic E-state index is 0.0695. The fourth-order valence-electron chi connectivity index (χ4n) is 2.96. The van der Waals surface area contributed by atoms with Crippen LogP contribution in [0.4, 0.5) is 5.69 Å². The number of benzene rings is 1. The van der Waals surface area contributed by atoms with Gasteiger partial charge < -0.3 is 9.42 Å². The Bertz CT molecular complexity index is 876. The van der Waals surface area contributed by atoms with Crippen molar-refractivity contribution in [2.75, 3.05) is 11.4 Å². The van der Waals surface area contributed by atoms with Gasteiger partial charge in [-0.15, -0.1) is 0 Å². The summed E-state index contributed by atoms with van der Waals surface area (Å²) in [7, 11) is 0. The van der Waals surface area contributed by atoms with Gasteiger partial charge in [-0.05, 0) is 24.1 Å². The Kier molecular flexibility index (Phi) is 3.97. The zero-order chi connectivity index (χ0) is 17.2. The molecule has 0 spiro atoms. The third-order valence-electron chi connectivity index (χ3n) is 4.37. The maximum Gasteiger partial charge on any atom is 0.278 e. The lowest BCUT2D eigenvalue weighted by Crippen LogP contribution is -2.24. The van der Waals surface area contributed by atoms with Gasteiger partial charge in [-0.1, -0.05) is 24.2 Å². The molecule has 7 heteroatoms. The Hall–Kier alpha value is -3.09. The van der Waals surface area contributed by atoms with Crippen LogP contribution in [0, 0.1) is 0 Å². The van der Waals surface area contributed by atoms with Crippen LogP contribution >= 0.6 is 0 Å². The minimum atomic E-state index is -0.0903. The van der Waals surface area contributed by atoms with Crippen LogP contribution in [0.2, 0.25) is 0 Å². The molecule has 1 fully saturated rings. The lowest BCUT2D eigenvalue weighted by Gasteiger charge is -2.16. The van der Waals surface area contributed by atoms with E-state index in [9.17, 15) is 4.79 Å². The first-order valence-corrected chi connectivity index (χ1v) is 8.24. The second kappa shape index (κ2) is 6.43. The number of hydrogen-bond donors (Lipinski definition) is 0. The summed E-state index contributed by atoms with van der Waals surface area (Å²) < 4.78 is 5.28. The van der Waals surface area contributed by atoms with Crippen molar-refractivity contribution in [2.45, 2.75) is 25.7 Å². The van der Waals surface area contributed by atoms with Crippen molar-refractivity contribution in [3.05, 3.63) is 54.2 Å². The van der Waals surface area contributed by atoms with Crippen LogP contribution in [0.15, 0.2) is 47.4 Å². The Labute approximate surface area is 144 Å². The van der Waals surface area contributed by atoms with Gasteiger partial charge >= 0.3 is 0 Å². The van der Waals surface area contributed by atoms with Crippen molar-refractivity contribution < 1.29 is 9.32 Å². The molecule has 126 valence electrons. The molecule has 0 saturated carbocycles. The van der Waals surface area contributed by atoms with E-state index in [1.54, 1.807) is 23.5 Å². The maximum atomic E-state index is 12.4. The molecule has 0 N–H and O–H groups in total. The van der Waals surface area contributed by atoms with E-state index in [1.165, 1.54) is 5.56 Å². The molecular weight excluding hydrogens is 318 g/mol. The van der Waals surface area contributed by atoms with Gasteiger partial charge in [-0.2, -0.15) is 4.98 Å². The number of amides is 1. The molecule has 0 aliphatic carbocycles. The maximum absolute atomic E-state index is 12.4. The first-order chi connectivity index (χ1) is 12.2. The van der Waals surface area contributed by atoms with Crippen LogP contribution in [-0.4, -0.2) is 32.6 Å². The summed E-state index contributed by atoms with van der Waals surface area (Å²) in [5.74, 6) is 0.829. The van der Waals surface area contributed by atoms with Crippen LogP contribution in [0.3, 0.4) is 0 Å². The van der Waals surface area contributed by atoms with E-state index in [-0.39, 0.29) is 11.8 Å². The van der Waals surface area contributed by atoms with Gasteiger partial charge in [0.05, 0.1) is 6.20 Å². The van der Waals surface area contributed by atoms with Gasteiger partial charge in [0.25, 0.3) is 5.89 Å². The van der Waals surface area contributed by atoms with E-state index in [0.29, 0.717) is 30.4 Å². The number of nitrogens with zero attached hydrogens (tertiary/aromatic N) is 5. The standard InChI is InChI=1S/C18H17N5O2/c1-2-12-3-5-14(6-4-12)23-11-13(9-16(23)24)17-21-18(25-22-17)15-10-19-7-8-20-15/h3-8,10,13H,2,9,11H2,1H3/t13-/m0/s1. The van der Waals surface area contributed by atoms with E-state index in [0.717, 1.165) is 12.1 Å². The van der Waals surface area contributed by atoms with E-state index < -0.39 is 0 Å². The molecule has 1 aromatic carbocycles. The summed E-state index contributed by atoms with van der Waals surface area (Å²) in [4.78, 5) is 26.7. The summed E-state index contributed by atoms with van der Waals surface area (Å²) in [5.41, 5.74) is 2.68. The third-order valence-corrected chi connectivity index (χ3v) is 4.37. The number of rotatable bonds is 4. The fourth-order valence-corrected chi connectivity index (χ4v) is 2.96. The number of aromatic nitrogens is 4. The first-order valence-electron chi connectivity index (χ1n) is 8.24. The Morgan fingerprint density at radius 2 is 2.08 bits per heavy atom. The van der Waals surface area contributed by atoms with Gasteiger partial charge in [-0.3, -0.25) is 9.78 Å².